The van der Waals surface area contributed by atoms with Gasteiger partial charge in [-0.1, -0.05) is 35.1 Å². The molecule has 1 aromatic carbocycles. The summed E-state index contributed by atoms with van der Waals surface area (Å²) in [5.41, 5.74) is 1.80. The average molecular weight is 404 g/mol. The summed E-state index contributed by atoms with van der Waals surface area (Å²) in [6, 6.07) is 7.75. The van der Waals surface area contributed by atoms with E-state index < -0.39 is 0 Å². The van der Waals surface area contributed by atoms with Crippen molar-refractivity contribution in [3.8, 4) is 5.88 Å². The van der Waals surface area contributed by atoms with E-state index in [0.29, 0.717) is 27.3 Å². The van der Waals surface area contributed by atoms with Crippen molar-refractivity contribution in [1.82, 2.24) is 19.9 Å². The number of thiazole rings is 1. The first-order chi connectivity index (χ1) is 13.1. The molecule has 3 aromatic rings. The molecule has 27 heavy (non-hydrogen) atoms. The molecule has 1 saturated heterocycles. The van der Waals surface area contributed by atoms with Crippen molar-refractivity contribution in [2.75, 3.05) is 25.5 Å². The van der Waals surface area contributed by atoms with E-state index in [1.54, 1.807) is 0 Å². The minimum Gasteiger partial charge on any atom is -0.479 e. The number of ether oxygens (including phenoxy) is 1. The van der Waals surface area contributed by atoms with Gasteiger partial charge in [0.1, 0.15) is 6.33 Å². The van der Waals surface area contributed by atoms with E-state index in [0.717, 1.165) is 31.0 Å². The lowest BCUT2D eigenvalue weighted by Gasteiger charge is -2.16. The molecule has 1 fully saturated rings. The van der Waals surface area contributed by atoms with Crippen LogP contribution in [0.25, 0.3) is 10.3 Å². The highest BCUT2D eigenvalue weighted by molar-refractivity contribution is 7.22. The number of hydrogen-bond acceptors (Lipinski definition) is 6. The summed E-state index contributed by atoms with van der Waals surface area (Å²) in [7, 11) is 1.53. The quantitative estimate of drug-likeness (QED) is 0.715. The number of anilines is 1. The Bertz CT molecular complexity index is 962. The van der Waals surface area contributed by atoms with Crippen LogP contribution < -0.4 is 10.1 Å². The zero-order chi connectivity index (χ0) is 18.8. The van der Waals surface area contributed by atoms with Gasteiger partial charge in [0.05, 0.1) is 7.11 Å². The van der Waals surface area contributed by atoms with Crippen molar-refractivity contribution in [3.05, 3.63) is 41.2 Å². The van der Waals surface area contributed by atoms with E-state index in [9.17, 15) is 4.79 Å². The predicted molar refractivity (Wildman–Crippen MR) is 106 cm³/mol. The second-order valence-electron chi connectivity index (χ2n) is 6.42. The molecule has 1 aliphatic heterocycles. The molecular weight excluding hydrogens is 386 g/mol. The van der Waals surface area contributed by atoms with Crippen molar-refractivity contribution in [3.63, 3.8) is 0 Å². The maximum Gasteiger partial charge on any atom is 0.323 e. The molecule has 4 rings (SSSR count). The van der Waals surface area contributed by atoms with Crippen molar-refractivity contribution < 1.29 is 9.53 Å². The molecule has 2 amide bonds. The number of carbonyl (C=O) groups is 1. The smallest absolute Gasteiger partial charge is 0.323 e. The molecular formula is C18H18ClN5O2S. The van der Waals surface area contributed by atoms with Gasteiger partial charge in [0.25, 0.3) is 0 Å². The molecule has 9 heteroatoms. The standard InChI is InChI=1S/C18H18ClN5O2S/c1-26-15-14-16(21-10-20-15)27-17(22-14)23-18(25)24-7-6-12(9-24)8-11-2-4-13(19)5-3-11/h2-5,10,12H,6-9H2,1H3,(H,22,23,25). The Labute approximate surface area is 165 Å². The zero-order valence-corrected chi connectivity index (χ0v) is 16.3. The molecule has 1 aliphatic rings. The minimum absolute atomic E-state index is 0.139. The maximum atomic E-state index is 12.6. The predicted octanol–water partition coefficient (Wildman–Crippen LogP) is 3.84. The molecule has 0 spiro atoms. The van der Waals surface area contributed by atoms with Gasteiger partial charge in [-0.2, -0.15) is 4.98 Å². The van der Waals surface area contributed by atoms with Crippen LogP contribution in [0.1, 0.15) is 12.0 Å². The Morgan fingerprint density at radius 3 is 2.96 bits per heavy atom. The van der Waals surface area contributed by atoms with Gasteiger partial charge in [-0.15, -0.1) is 0 Å². The van der Waals surface area contributed by atoms with Crippen LogP contribution in [-0.4, -0.2) is 46.1 Å². The Morgan fingerprint density at radius 2 is 2.19 bits per heavy atom. The van der Waals surface area contributed by atoms with Gasteiger partial charge in [-0.3, -0.25) is 5.32 Å². The number of amides is 2. The third kappa shape index (κ3) is 3.96. The lowest BCUT2D eigenvalue weighted by molar-refractivity contribution is 0.221. The summed E-state index contributed by atoms with van der Waals surface area (Å²) in [5.74, 6) is 0.846. The topological polar surface area (TPSA) is 80.2 Å². The van der Waals surface area contributed by atoms with Gasteiger partial charge in [0, 0.05) is 18.1 Å². The molecule has 3 heterocycles. The van der Waals surface area contributed by atoms with Crippen LogP contribution in [0.3, 0.4) is 0 Å². The minimum atomic E-state index is -0.139. The van der Waals surface area contributed by atoms with Crippen LogP contribution in [0, 0.1) is 5.92 Å². The number of benzene rings is 1. The Balaban J connectivity index is 1.38. The summed E-state index contributed by atoms with van der Waals surface area (Å²) < 4.78 is 5.19. The Kier molecular flexibility index (Phi) is 5.09. The fourth-order valence-electron chi connectivity index (χ4n) is 3.24. The van der Waals surface area contributed by atoms with Crippen LogP contribution in [0.4, 0.5) is 9.93 Å². The molecule has 2 aromatic heterocycles. The van der Waals surface area contributed by atoms with Gasteiger partial charge in [0.15, 0.2) is 15.5 Å². The number of rotatable bonds is 4. The molecule has 0 saturated carbocycles. The second-order valence-corrected chi connectivity index (χ2v) is 7.83. The molecule has 7 nitrogen and oxygen atoms in total. The summed E-state index contributed by atoms with van der Waals surface area (Å²) >= 11 is 7.24. The van der Waals surface area contributed by atoms with Gasteiger partial charge in [-0.25, -0.2) is 14.8 Å². The second kappa shape index (κ2) is 7.66. The SMILES string of the molecule is COc1ncnc2sc(NC(=O)N3CCC(Cc4ccc(Cl)cc4)C3)nc12. The molecule has 0 radical (unpaired) electrons. The van der Waals surface area contributed by atoms with Gasteiger partial charge in [0.2, 0.25) is 5.88 Å². The van der Waals surface area contributed by atoms with Crippen LogP contribution in [0.15, 0.2) is 30.6 Å². The maximum absolute atomic E-state index is 12.6. The molecule has 0 aliphatic carbocycles. The molecule has 1 N–H and O–H groups in total. The molecule has 140 valence electrons. The highest BCUT2D eigenvalue weighted by Crippen LogP contribution is 2.29. The van der Waals surface area contributed by atoms with E-state index in [1.165, 1.54) is 30.3 Å². The fourth-order valence-corrected chi connectivity index (χ4v) is 4.16. The van der Waals surface area contributed by atoms with Crippen molar-refractivity contribution in [2.45, 2.75) is 12.8 Å². The number of urea groups is 1. The first kappa shape index (κ1) is 17.9. The number of aromatic nitrogens is 3. The Morgan fingerprint density at radius 1 is 1.37 bits per heavy atom. The van der Waals surface area contributed by atoms with E-state index in [-0.39, 0.29) is 6.03 Å². The number of likely N-dealkylation sites (tertiary alicyclic amines) is 1. The number of nitrogens with zero attached hydrogens (tertiary/aromatic N) is 4. The van der Waals surface area contributed by atoms with Crippen LogP contribution in [0.5, 0.6) is 5.88 Å². The van der Waals surface area contributed by atoms with Gasteiger partial charge >= 0.3 is 6.03 Å². The third-order valence-corrected chi connectivity index (χ3v) is 5.71. The number of hydrogen-bond donors (Lipinski definition) is 1. The third-order valence-electron chi connectivity index (χ3n) is 4.58. The van der Waals surface area contributed by atoms with E-state index >= 15 is 0 Å². The number of carbonyl (C=O) groups excluding carboxylic acids is 1. The van der Waals surface area contributed by atoms with Crippen LogP contribution >= 0.6 is 22.9 Å². The molecule has 1 atom stereocenters. The van der Waals surface area contributed by atoms with E-state index in [1.807, 2.05) is 29.2 Å². The molecule has 0 bridgehead atoms. The van der Waals surface area contributed by atoms with Crippen LogP contribution in [-0.2, 0) is 6.42 Å². The normalized spacial score (nSPS) is 16.7. The van der Waals surface area contributed by atoms with Gasteiger partial charge < -0.3 is 9.64 Å². The first-order valence-electron chi connectivity index (χ1n) is 8.58. The zero-order valence-electron chi connectivity index (χ0n) is 14.7. The number of fused-ring (bicyclic) bond motifs is 1. The van der Waals surface area contributed by atoms with Gasteiger partial charge in [-0.05, 0) is 36.5 Å². The lowest BCUT2D eigenvalue weighted by Crippen LogP contribution is -2.33. The van der Waals surface area contributed by atoms with E-state index in [2.05, 4.69) is 20.3 Å². The van der Waals surface area contributed by atoms with Crippen molar-refractivity contribution in [2.24, 2.45) is 5.92 Å². The fraction of sp³-hybridized carbons (Fsp3) is 0.333. The molecule has 1 unspecified atom stereocenters. The largest absolute Gasteiger partial charge is 0.479 e. The Hall–Kier alpha value is -2.45. The van der Waals surface area contributed by atoms with E-state index in [4.69, 9.17) is 16.3 Å². The summed E-state index contributed by atoms with van der Waals surface area (Å²) in [5, 5.41) is 4.10. The lowest BCUT2D eigenvalue weighted by atomic mass is 9.99. The first-order valence-corrected chi connectivity index (χ1v) is 9.77. The summed E-state index contributed by atoms with van der Waals surface area (Å²) in [4.78, 5) is 27.7. The number of methoxy groups -OCH3 is 1. The highest BCUT2D eigenvalue weighted by Gasteiger charge is 2.27. The monoisotopic (exact) mass is 403 g/mol. The van der Waals surface area contributed by atoms with Crippen molar-refractivity contribution >= 4 is 44.4 Å². The summed E-state index contributed by atoms with van der Waals surface area (Å²) in [6.45, 7) is 1.46. The number of halogens is 1. The van der Waals surface area contributed by atoms with Crippen LogP contribution in [0.2, 0.25) is 5.02 Å². The number of nitrogens with one attached hydrogen (secondary N) is 1. The summed E-state index contributed by atoms with van der Waals surface area (Å²) in [6.07, 6.45) is 3.34. The average Bonchev–Trinajstić information content (AvgIpc) is 3.29. The van der Waals surface area contributed by atoms with Crippen molar-refractivity contribution in [1.29, 1.82) is 0 Å². The highest BCUT2D eigenvalue weighted by atomic mass is 35.5.